The Kier molecular flexibility index (Phi) is 3.87. The SMILES string of the molecule is COc1ccc(O)c([P+]2([O-])N(c3ccccc3)C[C@@H]3CCCN32)c1. The van der Waals surface area contributed by atoms with E-state index in [-0.39, 0.29) is 11.8 Å². The first-order valence-electron chi connectivity index (χ1n) is 8.22. The van der Waals surface area contributed by atoms with Gasteiger partial charge in [0.05, 0.1) is 25.4 Å². The van der Waals surface area contributed by atoms with Crippen molar-refractivity contribution >= 4 is 18.8 Å². The van der Waals surface area contributed by atoms with Gasteiger partial charge < -0.3 is 14.7 Å². The van der Waals surface area contributed by atoms with Gasteiger partial charge in [-0.05, 0) is 37.1 Å². The molecule has 0 bridgehead atoms. The van der Waals surface area contributed by atoms with Gasteiger partial charge in [-0.1, -0.05) is 18.2 Å². The van der Waals surface area contributed by atoms with E-state index in [1.807, 2.05) is 35.0 Å². The molecule has 0 aromatic heterocycles. The Morgan fingerprint density at radius 2 is 2.00 bits per heavy atom. The fourth-order valence-electron chi connectivity index (χ4n) is 3.81. The van der Waals surface area contributed by atoms with Gasteiger partial charge in [0.1, 0.15) is 5.75 Å². The number of hydrogen-bond donors (Lipinski definition) is 1. The van der Waals surface area contributed by atoms with Gasteiger partial charge in [0.25, 0.3) is 0 Å². The highest BCUT2D eigenvalue weighted by atomic mass is 31.2. The molecule has 2 saturated heterocycles. The number of anilines is 1. The zero-order chi connectivity index (χ0) is 16.7. The van der Waals surface area contributed by atoms with Gasteiger partial charge in [0, 0.05) is 12.6 Å². The van der Waals surface area contributed by atoms with E-state index in [0.717, 1.165) is 31.6 Å². The normalized spacial score (nSPS) is 26.6. The van der Waals surface area contributed by atoms with Crippen LogP contribution in [-0.2, 0) is 0 Å². The Hall–Kier alpha value is -1.81. The molecule has 0 radical (unpaired) electrons. The summed E-state index contributed by atoms with van der Waals surface area (Å²) in [5, 5.41) is 10.9. The van der Waals surface area contributed by atoms with Crippen LogP contribution in [0.2, 0.25) is 0 Å². The van der Waals surface area contributed by atoms with Gasteiger partial charge in [0.2, 0.25) is 0 Å². The molecule has 0 spiro atoms. The predicted molar refractivity (Wildman–Crippen MR) is 94.7 cm³/mol. The summed E-state index contributed by atoms with van der Waals surface area (Å²) in [5.74, 6) is 0.668. The highest BCUT2D eigenvalue weighted by Gasteiger charge is 2.57. The summed E-state index contributed by atoms with van der Waals surface area (Å²) in [4.78, 5) is 14.3. The highest BCUT2D eigenvalue weighted by molar-refractivity contribution is 7.76. The lowest BCUT2D eigenvalue weighted by Crippen LogP contribution is -2.41. The molecule has 0 aliphatic carbocycles. The van der Waals surface area contributed by atoms with Crippen molar-refractivity contribution in [3.8, 4) is 11.5 Å². The van der Waals surface area contributed by atoms with Crippen molar-refractivity contribution in [3.05, 3.63) is 48.5 Å². The third-order valence-corrected chi connectivity index (χ3v) is 8.21. The van der Waals surface area contributed by atoms with Crippen molar-refractivity contribution in [1.82, 2.24) is 4.67 Å². The highest BCUT2D eigenvalue weighted by Crippen LogP contribution is 2.66. The summed E-state index contributed by atoms with van der Waals surface area (Å²) in [7, 11) is -1.52. The topological polar surface area (TPSA) is 59.0 Å². The van der Waals surface area contributed by atoms with Gasteiger partial charge in [-0.25, -0.2) is 4.67 Å². The maximum Gasteiger partial charge on any atom is 0.175 e. The molecule has 2 heterocycles. The second kappa shape index (κ2) is 5.92. The summed E-state index contributed by atoms with van der Waals surface area (Å²) in [5.41, 5.74) is 0.928. The largest absolute Gasteiger partial charge is 0.642 e. The molecule has 5 nitrogen and oxygen atoms in total. The summed E-state index contributed by atoms with van der Waals surface area (Å²) in [6, 6.07) is 15.1. The van der Waals surface area contributed by atoms with Crippen molar-refractivity contribution in [2.24, 2.45) is 0 Å². The lowest BCUT2D eigenvalue weighted by Gasteiger charge is -2.39. The minimum absolute atomic E-state index is 0.0626. The van der Waals surface area contributed by atoms with E-state index in [2.05, 4.69) is 4.67 Å². The molecule has 2 aromatic rings. The van der Waals surface area contributed by atoms with Crippen molar-refractivity contribution < 1.29 is 14.7 Å². The van der Waals surface area contributed by atoms with E-state index >= 15 is 0 Å². The number of benzene rings is 2. The number of ether oxygens (including phenoxy) is 1. The standard InChI is InChI=1S/C18H21N2O3P/c1-23-16-9-10-17(21)18(12-16)24(22)19-11-5-8-15(19)13-20(24)14-6-3-2-4-7-14/h2-4,6-7,9-10,12,15,21H,5,8,11,13H2,1H3/t15-,24?/m0/s1. The number of phenolic OH excluding ortho intramolecular Hbond substituents is 1. The zero-order valence-electron chi connectivity index (χ0n) is 13.6. The number of para-hydroxylation sites is 1. The number of fused-ring (bicyclic) bond motifs is 1. The number of hydrogen-bond acceptors (Lipinski definition) is 5. The average Bonchev–Trinajstić information content (AvgIpc) is 3.18. The quantitative estimate of drug-likeness (QED) is 0.865. The van der Waals surface area contributed by atoms with E-state index in [1.165, 1.54) is 0 Å². The van der Waals surface area contributed by atoms with Crippen LogP contribution in [0, 0.1) is 0 Å². The monoisotopic (exact) mass is 344 g/mol. The first kappa shape index (κ1) is 15.7. The Labute approximate surface area is 142 Å². The second-order valence-electron chi connectivity index (χ2n) is 6.28. The van der Waals surface area contributed by atoms with Crippen molar-refractivity contribution in [2.45, 2.75) is 18.9 Å². The van der Waals surface area contributed by atoms with Gasteiger partial charge in [-0.15, -0.1) is 0 Å². The van der Waals surface area contributed by atoms with E-state index < -0.39 is 7.79 Å². The van der Waals surface area contributed by atoms with Gasteiger partial charge in [0.15, 0.2) is 18.8 Å². The Morgan fingerprint density at radius 1 is 1.21 bits per heavy atom. The molecular formula is C18H21N2O3P. The van der Waals surface area contributed by atoms with Crippen LogP contribution in [0.3, 0.4) is 0 Å². The number of methoxy groups -OCH3 is 1. The maximum atomic E-state index is 14.3. The Balaban J connectivity index is 1.87. The van der Waals surface area contributed by atoms with Gasteiger partial charge >= 0.3 is 0 Å². The number of rotatable bonds is 3. The molecule has 2 aromatic carbocycles. The number of nitrogens with zero attached hydrogens (tertiary/aromatic N) is 2. The van der Waals surface area contributed by atoms with Crippen LogP contribution in [0.15, 0.2) is 48.5 Å². The van der Waals surface area contributed by atoms with Gasteiger partial charge in [-0.2, -0.15) is 4.67 Å². The first-order chi connectivity index (χ1) is 11.6. The first-order valence-corrected chi connectivity index (χ1v) is 9.83. The zero-order valence-corrected chi connectivity index (χ0v) is 14.5. The summed E-state index contributed by atoms with van der Waals surface area (Å²) in [6.07, 6.45) is 2.08. The molecule has 1 unspecified atom stereocenters. The maximum absolute atomic E-state index is 14.3. The molecule has 24 heavy (non-hydrogen) atoms. The molecule has 4 rings (SSSR count). The minimum Gasteiger partial charge on any atom is -0.642 e. The number of phenols is 1. The third kappa shape index (κ3) is 2.27. The molecule has 126 valence electrons. The van der Waals surface area contributed by atoms with Crippen molar-refractivity contribution in [2.75, 3.05) is 24.9 Å². The lowest BCUT2D eigenvalue weighted by atomic mass is 10.2. The van der Waals surface area contributed by atoms with Gasteiger partial charge in [-0.3, -0.25) is 0 Å². The van der Waals surface area contributed by atoms with Crippen LogP contribution in [0.1, 0.15) is 12.8 Å². The minimum atomic E-state index is -3.10. The molecule has 0 saturated carbocycles. The molecule has 2 atom stereocenters. The molecule has 6 heteroatoms. The predicted octanol–water partition coefficient (Wildman–Crippen LogP) is 2.13. The molecule has 0 amide bonds. The van der Waals surface area contributed by atoms with E-state index in [4.69, 9.17) is 4.74 Å². The van der Waals surface area contributed by atoms with E-state index in [1.54, 1.807) is 25.3 Å². The average molecular weight is 344 g/mol. The third-order valence-electron chi connectivity index (χ3n) is 4.96. The summed E-state index contributed by atoms with van der Waals surface area (Å²) < 4.78 is 9.37. The van der Waals surface area contributed by atoms with Crippen LogP contribution in [0.4, 0.5) is 5.69 Å². The molecule has 2 aliphatic rings. The van der Waals surface area contributed by atoms with Crippen LogP contribution in [-0.4, -0.2) is 36.0 Å². The van der Waals surface area contributed by atoms with E-state index in [9.17, 15) is 10.00 Å². The fourth-order valence-corrected chi connectivity index (χ4v) is 7.19. The molecule has 2 aliphatic heterocycles. The van der Waals surface area contributed by atoms with Crippen molar-refractivity contribution in [1.29, 1.82) is 0 Å². The fraction of sp³-hybridized carbons (Fsp3) is 0.333. The van der Waals surface area contributed by atoms with E-state index in [0.29, 0.717) is 11.1 Å². The second-order valence-corrected chi connectivity index (χ2v) is 8.84. The lowest BCUT2D eigenvalue weighted by molar-refractivity contribution is -0.176. The van der Waals surface area contributed by atoms with Crippen LogP contribution in [0.5, 0.6) is 11.5 Å². The van der Waals surface area contributed by atoms with Crippen LogP contribution >= 0.6 is 7.79 Å². The Bertz CT molecular complexity index is 742. The summed E-state index contributed by atoms with van der Waals surface area (Å²) in [6.45, 7) is 1.51. The van der Waals surface area contributed by atoms with Crippen molar-refractivity contribution in [3.63, 3.8) is 0 Å². The Morgan fingerprint density at radius 3 is 2.75 bits per heavy atom. The summed E-state index contributed by atoms with van der Waals surface area (Å²) >= 11 is 0. The van der Waals surface area contributed by atoms with Crippen LogP contribution in [0.25, 0.3) is 0 Å². The molecular weight excluding hydrogens is 323 g/mol. The smallest absolute Gasteiger partial charge is 0.175 e. The molecule has 2 fully saturated rings. The molecule has 1 N–H and O–H groups in total. The number of aromatic hydroxyl groups is 1. The van der Waals surface area contributed by atoms with Crippen LogP contribution < -0.4 is 19.6 Å².